The lowest BCUT2D eigenvalue weighted by Crippen LogP contribution is -2.41. The third kappa shape index (κ3) is 3.60. The molecule has 0 aliphatic carbocycles. The van der Waals surface area contributed by atoms with E-state index in [1.54, 1.807) is 20.8 Å². The molecule has 4 nitrogen and oxygen atoms in total. The van der Waals surface area contributed by atoms with Crippen LogP contribution < -0.4 is 0 Å². The fourth-order valence-electron chi connectivity index (χ4n) is 1.04. The van der Waals surface area contributed by atoms with Gasteiger partial charge in [0.25, 0.3) is 0 Å². The second-order valence-electron chi connectivity index (χ2n) is 3.74. The Kier molecular flexibility index (Phi) is 5.48. The van der Waals surface area contributed by atoms with Crippen LogP contribution in [0.3, 0.4) is 0 Å². The van der Waals surface area contributed by atoms with Crippen LogP contribution in [0.15, 0.2) is 0 Å². The van der Waals surface area contributed by atoms with E-state index in [4.69, 9.17) is 10.2 Å². The van der Waals surface area contributed by atoms with Crippen molar-refractivity contribution in [2.75, 3.05) is 6.61 Å². The highest BCUT2D eigenvalue weighted by molar-refractivity contribution is 4.79. The SMILES string of the molecule is CC(O)C(C)C(O)C(O)C(C)CO. The predicted molar refractivity (Wildman–Crippen MR) is 49.1 cm³/mol. The van der Waals surface area contributed by atoms with Crippen molar-refractivity contribution in [1.82, 2.24) is 0 Å². The maximum Gasteiger partial charge on any atom is 0.0852 e. The fraction of sp³-hybridized carbons (Fsp3) is 1.00. The van der Waals surface area contributed by atoms with Crippen LogP contribution in [0.25, 0.3) is 0 Å². The van der Waals surface area contributed by atoms with Gasteiger partial charge in [0.2, 0.25) is 0 Å². The maximum atomic E-state index is 9.54. The predicted octanol–water partition coefficient (Wildman–Crippen LogP) is -0.647. The van der Waals surface area contributed by atoms with E-state index in [-0.39, 0.29) is 12.5 Å². The van der Waals surface area contributed by atoms with Crippen LogP contribution in [0.2, 0.25) is 0 Å². The molecule has 0 rings (SSSR count). The molecule has 0 amide bonds. The van der Waals surface area contributed by atoms with Gasteiger partial charge in [0, 0.05) is 18.4 Å². The Balaban J connectivity index is 4.15. The summed E-state index contributed by atoms with van der Waals surface area (Å²) in [6, 6.07) is 0. The van der Waals surface area contributed by atoms with Gasteiger partial charge in [-0.2, -0.15) is 0 Å². The van der Waals surface area contributed by atoms with Gasteiger partial charge in [0.15, 0.2) is 0 Å². The molecule has 0 aliphatic heterocycles. The standard InChI is InChI=1S/C9H20O4/c1-5(4-10)8(12)9(13)6(2)7(3)11/h5-13H,4H2,1-3H3. The second kappa shape index (κ2) is 5.54. The third-order valence-corrected chi connectivity index (χ3v) is 2.52. The van der Waals surface area contributed by atoms with E-state index >= 15 is 0 Å². The second-order valence-corrected chi connectivity index (χ2v) is 3.74. The van der Waals surface area contributed by atoms with Crippen molar-refractivity contribution in [1.29, 1.82) is 0 Å². The van der Waals surface area contributed by atoms with Crippen LogP contribution in [0.4, 0.5) is 0 Å². The van der Waals surface area contributed by atoms with Crippen molar-refractivity contribution < 1.29 is 20.4 Å². The molecular weight excluding hydrogens is 172 g/mol. The molecule has 0 saturated heterocycles. The molecule has 0 heterocycles. The van der Waals surface area contributed by atoms with Gasteiger partial charge in [0.05, 0.1) is 18.3 Å². The summed E-state index contributed by atoms with van der Waals surface area (Å²) >= 11 is 0. The van der Waals surface area contributed by atoms with Crippen molar-refractivity contribution in [2.45, 2.75) is 39.1 Å². The zero-order chi connectivity index (χ0) is 10.6. The number of rotatable bonds is 5. The van der Waals surface area contributed by atoms with E-state index in [0.717, 1.165) is 0 Å². The molecule has 5 unspecified atom stereocenters. The molecule has 0 aromatic heterocycles. The summed E-state index contributed by atoms with van der Waals surface area (Å²) < 4.78 is 0. The molecule has 80 valence electrons. The summed E-state index contributed by atoms with van der Waals surface area (Å²) in [6.45, 7) is 4.68. The average Bonchev–Trinajstić information content (AvgIpc) is 2.12. The van der Waals surface area contributed by atoms with Crippen LogP contribution >= 0.6 is 0 Å². The summed E-state index contributed by atoms with van der Waals surface area (Å²) in [6.07, 6.45) is -2.66. The van der Waals surface area contributed by atoms with E-state index in [9.17, 15) is 10.2 Å². The highest BCUT2D eigenvalue weighted by atomic mass is 16.3. The fourth-order valence-corrected chi connectivity index (χ4v) is 1.04. The Morgan fingerprint density at radius 3 is 1.69 bits per heavy atom. The lowest BCUT2D eigenvalue weighted by atomic mass is 9.89. The minimum atomic E-state index is -0.998. The van der Waals surface area contributed by atoms with Gasteiger partial charge in [-0.3, -0.25) is 0 Å². The first-order chi connectivity index (χ1) is 5.91. The molecule has 0 fully saturated rings. The molecule has 0 aliphatic rings. The van der Waals surface area contributed by atoms with Gasteiger partial charge in [0.1, 0.15) is 0 Å². The van der Waals surface area contributed by atoms with Gasteiger partial charge < -0.3 is 20.4 Å². The zero-order valence-corrected chi connectivity index (χ0v) is 8.38. The Bertz CT molecular complexity index is 138. The number of aliphatic hydroxyl groups is 4. The van der Waals surface area contributed by atoms with Crippen molar-refractivity contribution in [3.63, 3.8) is 0 Å². The highest BCUT2D eigenvalue weighted by Gasteiger charge is 2.29. The third-order valence-electron chi connectivity index (χ3n) is 2.52. The van der Waals surface area contributed by atoms with Crippen molar-refractivity contribution >= 4 is 0 Å². The van der Waals surface area contributed by atoms with E-state index < -0.39 is 24.2 Å². The lowest BCUT2D eigenvalue weighted by Gasteiger charge is -2.28. The summed E-state index contributed by atoms with van der Waals surface area (Å²) in [5.41, 5.74) is 0. The average molecular weight is 192 g/mol. The van der Waals surface area contributed by atoms with Crippen molar-refractivity contribution in [3.05, 3.63) is 0 Å². The van der Waals surface area contributed by atoms with Gasteiger partial charge in [-0.1, -0.05) is 13.8 Å². The minimum Gasteiger partial charge on any atom is -0.396 e. The van der Waals surface area contributed by atoms with E-state index in [0.29, 0.717) is 0 Å². The quantitative estimate of drug-likeness (QED) is 0.467. The number of hydrogen-bond donors (Lipinski definition) is 4. The minimum absolute atomic E-state index is 0.176. The lowest BCUT2D eigenvalue weighted by molar-refractivity contribution is -0.0747. The molecule has 0 radical (unpaired) electrons. The molecule has 4 heteroatoms. The van der Waals surface area contributed by atoms with Crippen molar-refractivity contribution in [3.8, 4) is 0 Å². The van der Waals surface area contributed by atoms with Gasteiger partial charge in [-0.05, 0) is 6.92 Å². The molecule has 0 aromatic carbocycles. The molecule has 0 saturated carbocycles. The normalized spacial score (nSPS) is 23.3. The summed E-state index contributed by atoms with van der Waals surface area (Å²) in [4.78, 5) is 0. The summed E-state index contributed by atoms with van der Waals surface area (Å²) in [7, 11) is 0. The molecular formula is C9H20O4. The Hall–Kier alpha value is -0.160. The Labute approximate surface area is 78.8 Å². The number of hydrogen-bond acceptors (Lipinski definition) is 4. The highest BCUT2D eigenvalue weighted by Crippen LogP contribution is 2.16. The van der Waals surface area contributed by atoms with E-state index in [1.165, 1.54) is 0 Å². The Morgan fingerprint density at radius 1 is 0.923 bits per heavy atom. The van der Waals surface area contributed by atoms with Crippen LogP contribution in [0.5, 0.6) is 0 Å². The van der Waals surface area contributed by atoms with E-state index in [2.05, 4.69) is 0 Å². The monoisotopic (exact) mass is 192 g/mol. The maximum absolute atomic E-state index is 9.54. The molecule has 0 spiro atoms. The Morgan fingerprint density at radius 2 is 1.38 bits per heavy atom. The largest absolute Gasteiger partial charge is 0.396 e. The topological polar surface area (TPSA) is 80.9 Å². The molecule has 4 N–H and O–H groups in total. The van der Waals surface area contributed by atoms with Crippen LogP contribution in [-0.2, 0) is 0 Å². The first-order valence-corrected chi connectivity index (χ1v) is 4.56. The van der Waals surface area contributed by atoms with Crippen LogP contribution in [0, 0.1) is 11.8 Å². The van der Waals surface area contributed by atoms with Crippen LogP contribution in [-0.4, -0.2) is 45.3 Å². The van der Waals surface area contributed by atoms with Gasteiger partial charge in [-0.15, -0.1) is 0 Å². The van der Waals surface area contributed by atoms with E-state index in [1.807, 2.05) is 0 Å². The van der Waals surface area contributed by atoms with Gasteiger partial charge in [-0.25, -0.2) is 0 Å². The smallest absolute Gasteiger partial charge is 0.0852 e. The zero-order valence-electron chi connectivity index (χ0n) is 8.38. The molecule has 5 atom stereocenters. The van der Waals surface area contributed by atoms with Gasteiger partial charge >= 0.3 is 0 Å². The molecule has 0 aromatic rings. The summed E-state index contributed by atoms with van der Waals surface area (Å²) in [5.74, 6) is -0.778. The number of aliphatic hydroxyl groups excluding tert-OH is 4. The first kappa shape index (κ1) is 12.8. The first-order valence-electron chi connectivity index (χ1n) is 4.56. The molecule has 13 heavy (non-hydrogen) atoms. The van der Waals surface area contributed by atoms with Crippen molar-refractivity contribution in [2.24, 2.45) is 11.8 Å². The molecule has 0 bridgehead atoms. The van der Waals surface area contributed by atoms with Crippen LogP contribution in [0.1, 0.15) is 20.8 Å². The summed E-state index contributed by atoms with van der Waals surface area (Å²) in [5, 5.41) is 36.9.